The van der Waals surface area contributed by atoms with Crippen LogP contribution in [0.1, 0.15) is 40.6 Å². The Balaban J connectivity index is 1.92. The summed E-state index contributed by atoms with van der Waals surface area (Å²) in [4.78, 5) is 12.7. The number of carbonyl (C=O) groups is 1. The smallest absolute Gasteiger partial charge is 0.266 e. The molecule has 0 radical (unpaired) electrons. The minimum Gasteiger partial charge on any atom is -0.321 e. The van der Waals surface area contributed by atoms with Gasteiger partial charge < -0.3 is 9.88 Å². The summed E-state index contributed by atoms with van der Waals surface area (Å²) < 4.78 is 2.14. The molecule has 3 rings (SSSR count). The SMILES string of the molecule is CCc1ccc(-n2c(C)cc(/C=C(/C#N)C(=O)Nc3cc(C)cc(C)c3)c2C)cc1. The molecule has 0 aliphatic heterocycles. The molecule has 1 aromatic heterocycles. The van der Waals surface area contributed by atoms with Crippen molar-refractivity contribution < 1.29 is 4.79 Å². The first kappa shape index (κ1) is 21.1. The number of anilines is 1. The molecule has 3 aromatic rings. The lowest BCUT2D eigenvalue weighted by atomic mass is 10.1. The Bertz CT molecular complexity index is 1140. The first-order chi connectivity index (χ1) is 14.3. The fourth-order valence-corrected chi connectivity index (χ4v) is 3.76. The van der Waals surface area contributed by atoms with Gasteiger partial charge in [-0.2, -0.15) is 5.26 Å². The lowest BCUT2D eigenvalue weighted by molar-refractivity contribution is -0.112. The molecule has 0 unspecified atom stereocenters. The number of hydrogen-bond donors (Lipinski definition) is 1. The highest BCUT2D eigenvalue weighted by Gasteiger charge is 2.14. The van der Waals surface area contributed by atoms with Crippen LogP contribution in [-0.2, 0) is 11.2 Å². The number of nitriles is 1. The Hall–Kier alpha value is -3.58. The van der Waals surface area contributed by atoms with Gasteiger partial charge in [-0.05, 0) is 92.8 Å². The van der Waals surface area contributed by atoms with E-state index < -0.39 is 5.91 Å². The molecule has 0 aliphatic rings. The Morgan fingerprint density at radius 2 is 1.67 bits per heavy atom. The first-order valence-electron chi connectivity index (χ1n) is 10.1. The van der Waals surface area contributed by atoms with E-state index in [0.717, 1.165) is 40.2 Å². The van der Waals surface area contributed by atoms with E-state index in [1.807, 2.05) is 52.0 Å². The Labute approximate surface area is 178 Å². The van der Waals surface area contributed by atoms with Gasteiger partial charge in [-0.3, -0.25) is 4.79 Å². The van der Waals surface area contributed by atoms with Crippen molar-refractivity contribution in [3.8, 4) is 11.8 Å². The average molecular weight is 398 g/mol. The highest BCUT2D eigenvalue weighted by molar-refractivity contribution is 6.09. The van der Waals surface area contributed by atoms with Crippen molar-refractivity contribution in [3.05, 3.63) is 87.7 Å². The van der Waals surface area contributed by atoms with Crippen molar-refractivity contribution >= 4 is 17.7 Å². The summed E-state index contributed by atoms with van der Waals surface area (Å²) in [6.45, 7) is 10.1. The summed E-state index contributed by atoms with van der Waals surface area (Å²) in [6, 6.07) is 18.3. The number of amides is 1. The molecule has 0 fully saturated rings. The van der Waals surface area contributed by atoms with Crippen LogP contribution in [0.4, 0.5) is 5.69 Å². The van der Waals surface area contributed by atoms with Gasteiger partial charge >= 0.3 is 0 Å². The normalized spacial score (nSPS) is 11.3. The predicted molar refractivity (Wildman–Crippen MR) is 123 cm³/mol. The zero-order valence-electron chi connectivity index (χ0n) is 18.2. The average Bonchev–Trinajstić information content (AvgIpc) is 2.98. The maximum atomic E-state index is 12.7. The molecule has 0 spiro atoms. The van der Waals surface area contributed by atoms with Crippen LogP contribution in [0.25, 0.3) is 11.8 Å². The van der Waals surface area contributed by atoms with Crippen molar-refractivity contribution in [2.45, 2.75) is 41.0 Å². The highest BCUT2D eigenvalue weighted by Crippen LogP contribution is 2.24. The third-order valence-corrected chi connectivity index (χ3v) is 5.22. The van der Waals surface area contributed by atoms with Crippen LogP contribution in [0, 0.1) is 39.0 Å². The molecule has 0 aliphatic carbocycles. The van der Waals surface area contributed by atoms with Crippen LogP contribution >= 0.6 is 0 Å². The quantitative estimate of drug-likeness (QED) is 0.436. The summed E-state index contributed by atoms with van der Waals surface area (Å²) in [6.07, 6.45) is 2.66. The zero-order valence-corrected chi connectivity index (χ0v) is 18.2. The molecule has 0 saturated carbocycles. The van der Waals surface area contributed by atoms with Gasteiger partial charge in [0.2, 0.25) is 0 Å². The summed E-state index contributed by atoms with van der Waals surface area (Å²) >= 11 is 0. The van der Waals surface area contributed by atoms with Gasteiger partial charge in [0.1, 0.15) is 11.6 Å². The van der Waals surface area contributed by atoms with E-state index in [1.54, 1.807) is 6.08 Å². The second-order valence-electron chi connectivity index (χ2n) is 7.68. The van der Waals surface area contributed by atoms with Gasteiger partial charge in [-0.25, -0.2) is 0 Å². The third-order valence-electron chi connectivity index (χ3n) is 5.22. The third kappa shape index (κ3) is 4.52. The summed E-state index contributed by atoms with van der Waals surface area (Å²) in [5, 5.41) is 12.4. The maximum absolute atomic E-state index is 12.7. The van der Waals surface area contributed by atoms with E-state index in [9.17, 15) is 10.1 Å². The van der Waals surface area contributed by atoms with Crippen molar-refractivity contribution in [3.63, 3.8) is 0 Å². The Morgan fingerprint density at radius 3 is 2.23 bits per heavy atom. The van der Waals surface area contributed by atoms with E-state index >= 15 is 0 Å². The maximum Gasteiger partial charge on any atom is 0.266 e. The minimum absolute atomic E-state index is 0.0794. The second kappa shape index (κ2) is 8.84. The van der Waals surface area contributed by atoms with Gasteiger partial charge in [0.25, 0.3) is 5.91 Å². The first-order valence-corrected chi connectivity index (χ1v) is 10.1. The monoisotopic (exact) mass is 397 g/mol. The molecule has 4 heteroatoms. The van der Waals surface area contributed by atoms with Crippen LogP contribution in [0.15, 0.2) is 54.1 Å². The van der Waals surface area contributed by atoms with Gasteiger partial charge in [0, 0.05) is 22.8 Å². The molecule has 1 heterocycles. The van der Waals surface area contributed by atoms with Gasteiger partial charge in [-0.1, -0.05) is 25.1 Å². The van der Waals surface area contributed by atoms with Crippen molar-refractivity contribution in [1.82, 2.24) is 4.57 Å². The summed E-state index contributed by atoms with van der Waals surface area (Å²) in [5.41, 5.74) is 8.15. The number of hydrogen-bond acceptors (Lipinski definition) is 2. The number of carbonyl (C=O) groups excluding carboxylic acids is 1. The molecule has 30 heavy (non-hydrogen) atoms. The van der Waals surface area contributed by atoms with Gasteiger partial charge in [0.15, 0.2) is 0 Å². The molecule has 1 amide bonds. The standard InChI is InChI=1S/C26H27N3O/c1-6-21-7-9-25(10-8-21)29-19(4)14-22(20(29)5)15-23(16-27)26(30)28-24-12-17(2)11-18(3)13-24/h7-15H,6H2,1-5H3,(H,28,30)/b23-15-. The van der Waals surface area contributed by atoms with E-state index in [0.29, 0.717) is 5.69 Å². The number of rotatable bonds is 5. The van der Waals surface area contributed by atoms with Crippen LogP contribution < -0.4 is 5.32 Å². The lowest BCUT2D eigenvalue weighted by Crippen LogP contribution is -2.13. The molecule has 4 nitrogen and oxygen atoms in total. The van der Waals surface area contributed by atoms with E-state index in [1.165, 1.54) is 5.56 Å². The molecule has 0 atom stereocenters. The molecule has 0 bridgehead atoms. The van der Waals surface area contributed by atoms with Crippen LogP contribution in [0.2, 0.25) is 0 Å². The van der Waals surface area contributed by atoms with Crippen LogP contribution in [0.5, 0.6) is 0 Å². The fourth-order valence-electron chi connectivity index (χ4n) is 3.76. The number of nitrogens with one attached hydrogen (secondary N) is 1. The van der Waals surface area contributed by atoms with Gasteiger partial charge in [0.05, 0.1) is 0 Å². The van der Waals surface area contributed by atoms with E-state index in [2.05, 4.69) is 47.1 Å². The fraction of sp³-hybridized carbons (Fsp3) is 0.231. The Kier molecular flexibility index (Phi) is 6.23. The van der Waals surface area contributed by atoms with Crippen molar-refractivity contribution in [1.29, 1.82) is 5.26 Å². The largest absolute Gasteiger partial charge is 0.321 e. The van der Waals surface area contributed by atoms with E-state index in [4.69, 9.17) is 0 Å². The molecule has 0 saturated heterocycles. The van der Waals surface area contributed by atoms with Gasteiger partial charge in [-0.15, -0.1) is 0 Å². The predicted octanol–water partition coefficient (Wildman–Crippen LogP) is 5.82. The topological polar surface area (TPSA) is 57.8 Å². The number of nitrogens with zero attached hydrogens (tertiary/aromatic N) is 2. The molecular formula is C26H27N3O. The summed E-state index contributed by atoms with van der Waals surface area (Å²) in [7, 11) is 0. The number of benzene rings is 2. The molecule has 1 N–H and O–H groups in total. The second-order valence-corrected chi connectivity index (χ2v) is 7.68. The highest BCUT2D eigenvalue weighted by atomic mass is 16.1. The lowest BCUT2D eigenvalue weighted by Gasteiger charge is -2.10. The van der Waals surface area contributed by atoms with Crippen LogP contribution in [0.3, 0.4) is 0 Å². The summed E-state index contributed by atoms with van der Waals surface area (Å²) in [5.74, 6) is -0.403. The number of aryl methyl sites for hydroxylation is 4. The molecule has 2 aromatic carbocycles. The number of aromatic nitrogens is 1. The van der Waals surface area contributed by atoms with Crippen molar-refractivity contribution in [2.24, 2.45) is 0 Å². The zero-order chi connectivity index (χ0) is 21.8. The van der Waals surface area contributed by atoms with E-state index in [-0.39, 0.29) is 5.57 Å². The minimum atomic E-state index is -0.403. The van der Waals surface area contributed by atoms with Crippen molar-refractivity contribution in [2.75, 3.05) is 5.32 Å². The van der Waals surface area contributed by atoms with Crippen LogP contribution in [-0.4, -0.2) is 10.5 Å². The molecular weight excluding hydrogens is 370 g/mol. The Morgan fingerprint density at radius 1 is 1.03 bits per heavy atom. The molecule has 152 valence electrons.